The lowest BCUT2D eigenvalue weighted by atomic mass is 9.70. The number of rotatable bonds is 4. The van der Waals surface area contributed by atoms with Crippen LogP contribution in [0.4, 0.5) is 0 Å². The van der Waals surface area contributed by atoms with Crippen LogP contribution >= 0.6 is 0 Å². The van der Waals surface area contributed by atoms with Gasteiger partial charge in [0.1, 0.15) is 0 Å². The number of carbonyl (C=O) groups is 3. The Morgan fingerprint density at radius 2 is 1.59 bits per heavy atom. The first-order valence-electron chi connectivity index (χ1n) is 9.49. The van der Waals surface area contributed by atoms with Crippen LogP contribution in [0.25, 0.3) is 0 Å². The van der Waals surface area contributed by atoms with E-state index in [9.17, 15) is 14.4 Å². The fourth-order valence-corrected chi connectivity index (χ4v) is 3.39. The fraction of sp³-hybridized carbons (Fsp3) is 0.571. The summed E-state index contributed by atoms with van der Waals surface area (Å²) in [6, 6.07) is 6.97. The Bertz CT molecular complexity index is 668. The molecular weight excluding hydrogens is 344 g/mol. The van der Waals surface area contributed by atoms with E-state index >= 15 is 0 Å². The third-order valence-electron chi connectivity index (χ3n) is 5.26. The molecule has 1 aromatic carbocycles. The van der Waals surface area contributed by atoms with Gasteiger partial charge >= 0.3 is 5.97 Å². The highest BCUT2D eigenvalue weighted by Gasteiger charge is 2.33. The number of esters is 1. The first-order chi connectivity index (χ1) is 12.7. The zero-order valence-corrected chi connectivity index (χ0v) is 16.6. The van der Waals surface area contributed by atoms with E-state index in [1.807, 2.05) is 19.1 Å². The first kappa shape index (κ1) is 20.9. The highest BCUT2D eigenvalue weighted by atomic mass is 16.5. The number of nitrogens with one attached hydrogen (secondary N) is 2. The lowest BCUT2D eigenvalue weighted by Crippen LogP contribution is -2.44. The van der Waals surface area contributed by atoms with Crippen LogP contribution in [-0.4, -0.2) is 24.4 Å². The molecule has 27 heavy (non-hydrogen) atoms. The lowest BCUT2D eigenvalue weighted by molar-refractivity contribution is -0.154. The van der Waals surface area contributed by atoms with Crippen LogP contribution in [0.5, 0.6) is 0 Å². The monoisotopic (exact) mass is 374 g/mol. The van der Waals surface area contributed by atoms with Crippen molar-refractivity contribution in [2.24, 2.45) is 17.3 Å². The van der Waals surface area contributed by atoms with Crippen LogP contribution in [0, 0.1) is 24.2 Å². The van der Waals surface area contributed by atoms with E-state index in [4.69, 9.17) is 4.74 Å². The Kier molecular flexibility index (Phi) is 6.99. The molecule has 0 heterocycles. The third kappa shape index (κ3) is 6.38. The highest BCUT2D eigenvalue weighted by molar-refractivity contribution is 5.95. The van der Waals surface area contributed by atoms with Crippen molar-refractivity contribution in [2.45, 2.75) is 53.4 Å². The summed E-state index contributed by atoms with van der Waals surface area (Å²) < 4.78 is 5.12. The summed E-state index contributed by atoms with van der Waals surface area (Å²) >= 11 is 0. The van der Waals surface area contributed by atoms with Gasteiger partial charge in [0, 0.05) is 5.56 Å². The van der Waals surface area contributed by atoms with Gasteiger partial charge in [-0.25, -0.2) is 0 Å². The zero-order valence-electron chi connectivity index (χ0n) is 16.6. The second-order valence-electron chi connectivity index (χ2n) is 8.39. The Morgan fingerprint density at radius 3 is 2.15 bits per heavy atom. The summed E-state index contributed by atoms with van der Waals surface area (Å²) in [5, 5.41) is 0. The van der Waals surface area contributed by atoms with Crippen molar-refractivity contribution in [3.05, 3.63) is 35.4 Å². The molecular formula is C21H30N2O4. The van der Waals surface area contributed by atoms with E-state index < -0.39 is 18.4 Å². The molecule has 6 heteroatoms. The number of hydrogen-bond acceptors (Lipinski definition) is 4. The number of ether oxygens (including phenoxy) is 1. The van der Waals surface area contributed by atoms with Gasteiger partial charge in [-0.15, -0.1) is 0 Å². The molecule has 1 fully saturated rings. The summed E-state index contributed by atoms with van der Waals surface area (Å²) in [6.45, 7) is 8.21. The number of amides is 2. The standard InChI is InChI=1S/C21H30N2O4/c1-14-5-7-15(8-6-14)19(25)23-22-18(24)13-27-20(26)16-9-11-17(12-10-16)21(2,3)4/h5-8,16-17H,9-13H2,1-4H3,(H,22,24)(H,23,25). The molecule has 2 rings (SSSR count). The van der Waals surface area contributed by atoms with Gasteiger partial charge in [-0.05, 0) is 56.1 Å². The average molecular weight is 374 g/mol. The summed E-state index contributed by atoms with van der Waals surface area (Å²) in [4.78, 5) is 35.9. The maximum absolute atomic E-state index is 12.2. The summed E-state index contributed by atoms with van der Waals surface area (Å²) in [5.74, 6) is -0.842. The van der Waals surface area contributed by atoms with Gasteiger partial charge in [-0.1, -0.05) is 38.5 Å². The minimum Gasteiger partial charge on any atom is -0.455 e. The Labute approximate surface area is 161 Å². The molecule has 0 saturated heterocycles. The van der Waals surface area contributed by atoms with E-state index in [1.54, 1.807) is 12.1 Å². The quantitative estimate of drug-likeness (QED) is 0.626. The molecule has 0 aromatic heterocycles. The largest absolute Gasteiger partial charge is 0.455 e. The molecule has 2 N–H and O–H groups in total. The van der Waals surface area contributed by atoms with Crippen molar-refractivity contribution in [1.82, 2.24) is 10.9 Å². The molecule has 0 unspecified atom stereocenters. The second-order valence-corrected chi connectivity index (χ2v) is 8.39. The topological polar surface area (TPSA) is 84.5 Å². The molecule has 6 nitrogen and oxygen atoms in total. The average Bonchev–Trinajstić information content (AvgIpc) is 2.64. The van der Waals surface area contributed by atoms with Gasteiger partial charge in [0.25, 0.3) is 11.8 Å². The molecule has 0 bridgehead atoms. The van der Waals surface area contributed by atoms with E-state index in [0.29, 0.717) is 11.5 Å². The predicted octanol–water partition coefficient (Wildman–Crippen LogP) is 3.15. The normalized spacial score (nSPS) is 19.9. The van der Waals surface area contributed by atoms with Crippen molar-refractivity contribution in [1.29, 1.82) is 0 Å². The van der Waals surface area contributed by atoms with Crippen molar-refractivity contribution in [3.8, 4) is 0 Å². The van der Waals surface area contributed by atoms with Gasteiger partial charge < -0.3 is 4.74 Å². The molecule has 0 radical (unpaired) electrons. The molecule has 1 saturated carbocycles. The lowest BCUT2D eigenvalue weighted by Gasteiger charge is -2.36. The van der Waals surface area contributed by atoms with Gasteiger partial charge in [-0.3, -0.25) is 25.2 Å². The molecule has 148 valence electrons. The fourth-order valence-electron chi connectivity index (χ4n) is 3.39. The van der Waals surface area contributed by atoms with Crippen molar-refractivity contribution in [2.75, 3.05) is 6.61 Å². The van der Waals surface area contributed by atoms with Gasteiger partial charge in [0.15, 0.2) is 6.61 Å². The number of benzene rings is 1. The minimum absolute atomic E-state index is 0.140. The Hall–Kier alpha value is -2.37. The Morgan fingerprint density at radius 1 is 1.00 bits per heavy atom. The van der Waals surface area contributed by atoms with Crippen LogP contribution in [0.3, 0.4) is 0 Å². The van der Waals surface area contributed by atoms with Gasteiger partial charge in [0.2, 0.25) is 0 Å². The summed E-state index contributed by atoms with van der Waals surface area (Å²) in [7, 11) is 0. The minimum atomic E-state index is -0.563. The number of aryl methyl sites for hydroxylation is 1. The second kappa shape index (κ2) is 9.02. The maximum atomic E-state index is 12.2. The smallest absolute Gasteiger partial charge is 0.309 e. The third-order valence-corrected chi connectivity index (χ3v) is 5.26. The molecule has 1 aromatic rings. The number of carbonyl (C=O) groups excluding carboxylic acids is 3. The SMILES string of the molecule is Cc1ccc(C(=O)NNC(=O)COC(=O)C2CCC(C(C)(C)C)CC2)cc1. The molecule has 2 amide bonds. The molecule has 0 aliphatic heterocycles. The van der Waals surface area contributed by atoms with Crippen LogP contribution < -0.4 is 10.9 Å². The van der Waals surface area contributed by atoms with E-state index in [0.717, 1.165) is 31.2 Å². The molecule has 0 atom stereocenters. The van der Waals surface area contributed by atoms with Crippen LogP contribution in [0.2, 0.25) is 0 Å². The first-order valence-corrected chi connectivity index (χ1v) is 9.49. The van der Waals surface area contributed by atoms with Crippen molar-refractivity contribution < 1.29 is 19.1 Å². The van der Waals surface area contributed by atoms with E-state index in [1.165, 1.54) is 0 Å². The van der Waals surface area contributed by atoms with Crippen molar-refractivity contribution >= 4 is 17.8 Å². The van der Waals surface area contributed by atoms with E-state index in [-0.39, 0.29) is 17.3 Å². The zero-order chi connectivity index (χ0) is 20.0. The number of hydrazine groups is 1. The Balaban J connectivity index is 1.69. The maximum Gasteiger partial charge on any atom is 0.309 e. The summed E-state index contributed by atoms with van der Waals surface area (Å²) in [5.41, 5.74) is 6.31. The molecule has 0 spiro atoms. The van der Waals surface area contributed by atoms with Crippen LogP contribution in [0.1, 0.15) is 62.4 Å². The van der Waals surface area contributed by atoms with Crippen LogP contribution in [-0.2, 0) is 14.3 Å². The highest BCUT2D eigenvalue weighted by Crippen LogP contribution is 2.40. The number of hydrogen-bond donors (Lipinski definition) is 2. The van der Waals surface area contributed by atoms with Crippen LogP contribution in [0.15, 0.2) is 24.3 Å². The van der Waals surface area contributed by atoms with Crippen molar-refractivity contribution in [3.63, 3.8) is 0 Å². The predicted molar refractivity (Wildman–Crippen MR) is 103 cm³/mol. The van der Waals surface area contributed by atoms with E-state index in [2.05, 4.69) is 31.6 Å². The van der Waals surface area contributed by atoms with Gasteiger partial charge in [-0.2, -0.15) is 0 Å². The summed E-state index contributed by atoms with van der Waals surface area (Å²) in [6.07, 6.45) is 3.60. The molecule has 1 aliphatic rings. The van der Waals surface area contributed by atoms with Gasteiger partial charge in [0.05, 0.1) is 5.92 Å². The molecule has 1 aliphatic carbocycles.